The first-order valence-corrected chi connectivity index (χ1v) is 44.0. The van der Waals surface area contributed by atoms with Crippen LogP contribution in [0.3, 0.4) is 0 Å². The molecule has 149 heavy (non-hydrogen) atoms. The molecule has 0 atom stereocenters. The van der Waals surface area contributed by atoms with Crippen LogP contribution >= 0.6 is 0 Å². The number of carbonyl (C=O) groups excluding carboxylic acids is 21. The van der Waals surface area contributed by atoms with Gasteiger partial charge in [0.15, 0.2) is 0 Å². The number of carbonyl (C=O) groups is 21. The van der Waals surface area contributed by atoms with Crippen LogP contribution in [0.2, 0.25) is 0 Å². The molecular weight excluding hydrogens is 1930 g/mol. The lowest BCUT2D eigenvalue weighted by atomic mass is 10.1. The van der Waals surface area contributed by atoms with Crippen molar-refractivity contribution in [2.75, 3.05) is 6.61 Å². The Morgan fingerprint density at radius 1 is 0.195 bits per heavy atom. The second-order valence-corrected chi connectivity index (χ2v) is 32.1. The minimum atomic E-state index is -0.993. The van der Waals surface area contributed by atoms with E-state index in [1.807, 2.05) is 84.9 Å². The van der Waals surface area contributed by atoms with Gasteiger partial charge in [0.05, 0.1) is 112 Å². The third-order valence-electron chi connectivity index (χ3n) is 22.4. The number of cyclic esters (lactones) is 12. The second kappa shape index (κ2) is 42.4. The molecule has 0 aromatic heterocycles. The summed E-state index contributed by atoms with van der Waals surface area (Å²) in [6, 6.07) is 74.8. The van der Waals surface area contributed by atoms with Gasteiger partial charge in [-0.15, -0.1) is 0 Å². The highest BCUT2D eigenvalue weighted by Gasteiger charge is 2.38. The maximum Gasteiger partial charge on any atom is 0.346 e. The van der Waals surface area contributed by atoms with Crippen molar-refractivity contribution in [2.24, 2.45) is 0 Å². The number of ether oxygens (including phenoxy) is 15. The first-order valence-electron chi connectivity index (χ1n) is 44.0. The van der Waals surface area contributed by atoms with E-state index in [0.29, 0.717) is 23.1 Å². The molecule has 6 aliphatic rings. The molecule has 0 spiro atoms. The highest BCUT2D eigenvalue weighted by Crippen LogP contribution is 2.36. The van der Waals surface area contributed by atoms with E-state index in [9.17, 15) is 101 Å². The molecule has 6 heterocycles. The number of hydrogen-bond donors (Lipinski definition) is 0. The summed E-state index contributed by atoms with van der Waals surface area (Å²) >= 11 is 0. The molecule has 6 aliphatic heterocycles. The van der Waals surface area contributed by atoms with Crippen LogP contribution in [-0.2, 0) is 62.3 Å². The molecule has 0 bridgehead atoms. The lowest BCUT2D eigenvalue weighted by molar-refractivity contribution is 0.0425. The lowest BCUT2D eigenvalue weighted by Gasteiger charge is -2.13. The molecule has 0 amide bonds. The SMILES string of the molecule is O=C(OCc1ccccc1)c1cc(OC(=O)c2ccc3c(c2)C(=O)OC3=O)cc(OC(=O)c2ccc3c(c2)C(=O)OC3=O)c1.O=C(Oc1ccc(OC(=O)c2ccc3c(c2)C(=O)OC3=O)c(C(=O)OCCc2ccccc2)c1)c1ccc2c(c1)C(=O)OC2=O.O=C(Oc1ccc(OC(=O)c2ccc3c(c2)C(=O)OC3=O)c(C(=O)OCc2ccc(C#Cc3ccc(C#Cc4ccccc4)cc3)cc2)c1)c1ccc2c(c1)C(=O)OC2=O. The molecule has 0 radical (unpaired) electrons. The summed E-state index contributed by atoms with van der Waals surface area (Å²) in [6.45, 7) is -0.307. The summed E-state index contributed by atoms with van der Waals surface area (Å²) < 4.78 is 76.3. The second-order valence-electron chi connectivity index (χ2n) is 32.1. The van der Waals surface area contributed by atoms with Crippen LogP contribution in [0, 0.1) is 23.7 Å². The predicted octanol–water partition coefficient (Wildman–Crippen LogP) is 15.2. The van der Waals surface area contributed by atoms with Crippen molar-refractivity contribution in [3.05, 3.63) is 459 Å². The third-order valence-corrected chi connectivity index (χ3v) is 22.4. The summed E-state index contributed by atoms with van der Waals surface area (Å²) in [5.41, 5.74) is 3.48. The summed E-state index contributed by atoms with van der Waals surface area (Å²) in [4.78, 5) is 260. The van der Waals surface area contributed by atoms with E-state index in [0.717, 1.165) is 76.9 Å². The molecule has 14 aromatic rings. The van der Waals surface area contributed by atoms with Crippen LogP contribution in [0.25, 0.3) is 0 Å². The first-order chi connectivity index (χ1) is 71.9. The van der Waals surface area contributed by atoms with Gasteiger partial charge in [-0.05, 0) is 223 Å². The van der Waals surface area contributed by atoms with E-state index in [-0.39, 0.29) is 171 Å². The maximum absolute atomic E-state index is 13.6. The van der Waals surface area contributed by atoms with Crippen LogP contribution in [0.4, 0.5) is 0 Å². The summed E-state index contributed by atoms with van der Waals surface area (Å²) in [7, 11) is 0. The molecule has 726 valence electrons. The minimum Gasteiger partial charge on any atom is -0.462 e. The number of esters is 21. The lowest BCUT2D eigenvalue weighted by Crippen LogP contribution is -2.15. The fourth-order valence-electron chi connectivity index (χ4n) is 14.9. The number of benzene rings is 14. The standard InChI is InChI=1S/C48H24O12.C33H18O12.C32H16O12/c49-42(33-18-21-36-38(24-33)47(54)59-45(36)52)57-35-20-23-41(58-43(50)34-19-22-37-39(25-34)48(55)60-46(37)53)40(26-35)44(51)56-27-32-16-14-31(15-17-32)13-12-30-10-8-29(9-11-30)7-6-28-4-2-1-3-5-28;34-27(18-6-9-21-23(14-18)32(39)44-30(21)37)42-20-8-11-26(25(16-20)29(36)41-13-12-17-4-2-1-3-5-17)43-28(35)19-7-10-22-24(15-19)33(40)45-31(22)38;33-26(40-15-16-4-2-1-3-5-16)19-10-20(41-27(34)17-6-8-22-24(12-17)31(38)43-29(22)36)14-21(11-19)42-28(35)18-7-9-23-25(13-18)32(39)44-30(23)37/h1-5,8-11,14-26H,27H2;1-11,14-16H,12-13H2;1-14H,15H2. The van der Waals surface area contributed by atoms with Crippen molar-refractivity contribution < 1.29 is 172 Å². The van der Waals surface area contributed by atoms with Gasteiger partial charge in [0.25, 0.3) is 0 Å². The van der Waals surface area contributed by atoms with Crippen LogP contribution in [0.1, 0.15) is 256 Å². The molecule has 20 rings (SSSR count). The molecule has 14 aromatic carbocycles. The Bertz CT molecular complexity index is 8250. The normalized spacial score (nSPS) is 12.6. The van der Waals surface area contributed by atoms with E-state index >= 15 is 0 Å². The Balaban J connectivity index is 0.000000149. The van der Waals surface area contributed by atoms with E-state index < -0.39 is 125 Å². The zero-order valence-electron chi connectivity index (χ0n) is 75.9. The van der Waals surface area contributed by atoms with Crippen LogP contribution < -0.4 is 28.4 Å². The van der Waals surface area contributed by atoms with Gasteiger partial charge >= 0.3 is 125 Å². The molecule has 0 saturated carbocycles. The van der Waals surface area contributed by atoms with Gasteiger partial charge < -0.3 is 71.1 Å². The van der Waals surface area contributed by atoms with E-state index in [4.69, 9.17) is 42.6 Å². The van der Waals surface area contributed by atoms with Gasteiger partial charge in [-0.1, -0.05) is 115 Å². The third kappa shape index (κ3) is 22.2. The number of rotatable bonds is 22. The van der Waals surface area contributed by atoms with Gasteiger partial charge in [0, 0.05) is 34.7 Å². The van der Waals surface area contributed by atoms with Gasteiger partial charge in [-0.25, -0.2) is 101 Å². The smallest absolute Gasteiger partial charge is 0.346 e. The predicted molar refractivity (Wildman–Crippen MR) is 503 cm³/mol. The van der Waals surface area contributed by atoms with Crippen molar-refractivity contribution >= 4 is 125 Å². The highest BCUT2D eigenvalue weighted by molar-refractivity contribution is 6.20. The zero-order chi connectivity index (χ0) is 104. The minimum absolute atomic E-state index is 0.00253. The summed E-state index contributed by atoms with van der Waals surface area (Å²) in [6.07, 6.45) is 0.392. The quantitative estimate of drug-likeness (QED) is 0.0200. The summed E-state index contributed by atoms with van der Waals surface area (Å²) in [5.74, 6) is -7.79. The first kappa shape index (κ1) is 97.5. The molecule has 0 N–H and O–H groups in total. The zero-order valence-corrected chi connectivity index (χ0v) is 75.9. The molecule has 0 unspecified atom stereocenters. The monoisotopic (exact) mass is 1990 g/mol. The van der Waals surface area contributed by atoms with Crippen molar-refractivity contribution in [1.82, 2.24) is 0 Å². The summed E-state index contributed by atoms with van der Waals surface area (Å²) in [5, 5.41) is 0. The van der Waals surface area contributed by atoms with Crippen LogP contribution in [0.5, 0.6) is 34.5 Å². The average molecular weight is 1990 g/mol. The van der Waals surface area contributed by atoms with E-state index in [2.05, 4.69) is 52.1 Å². The molecule has 36 nitrogen and oxygen atoms in total. The van der Waals surface area contributed by atoms with Crippen LogP contribution in [0.15, 0.2) is 303 Å². The fraction of sp³-hybridized carbons (Fsp3) is 0.0354. The van der Waals surface area contributed by atoms with Gasteiger partial charge in [-0.2, -0.15) is 0 Å². The molecule has 36 heteroatoms. The van der Waals surface area contributed by atoms with Crippen molar-refractivity contribution in [3.63, 3.8) is 0 Å². The number of fused-ring (bicyclic) bond motifs is 6. The Morgan fingerprint density at radius 3 is 0.772 bits per heavy atom. The Hall–Kier alpha value is -21.7. The molecular formula is C113H58O36. The van der Waals surface area contributed by atoms with Gasteiger partial charge in [-0.3, -0.25) is 0 Å². The Morgan fingerprint density at radius 2 is 0.450 bits per heavy atom. The maximum atomic E-state index is 13.6. The van der Waals surface area contributed by atoms with Gasteiger partial charge in [0.1, 0.15) is 58.8 Å². The van der Waals surface area contributed by atoms with Crippen molar-refractivity contribution in [3.8, 4) is 58.2 Å². The Kier molecular flexibility index (Phi) is 27.7. The molecule has 0 fully saturated rings. The van der Waals surface area contributed by atoms with Crippen molar-refractivity contribution in [2.45, 2.75) is 19.6 Å². The fourth-order valence-corrected chi connectivity index (χ4v) is 14.9. The average Bonchev–Trinajstić information content (AvgIpc) is 1.67. The van der Waals surface area contributed by atoms with E-state index in [1.165, 1.54) is 109 Å². The highest BCUT2D eigenvalue weighted by atomic mass is 16.6. The number of hydrogen-bond acceptors (Lipinski definition) is 36. The van der Waals surface area contributed by atoms with E-state index in [1.54, 1.807) is 54.6 Å². The van der Waals surface area contributed by atoms with Crippen LogP contribution in [-0.4, -0.2) is 132 Å². The van der Waals surface area contributed by atoms with Crippen molar-refractivity contribution in [1.29, 1.82) is 0 Å². The topological polar surface area (TPSA) is 497 Å². The van der Waals surface area contributed by atoms with Gasteiger partial charge in [0.2, 0.25) is 0 Å². The molecule has 0 saturated heterocycles. The Labute approximate surface area is 836 Å². The largest absolute Gasteiger partial charge is 0.462 e. The molecule has 0 aliphatic carbocycles.